The summed E-state index contributed by atoms with van der Waals surface area (Å²) in [6.45, 7) is 0. The Morgan fingerprint density at radius 3 is 2.57 bits per heavy atom. The molecule has 2 rings (SSSR count). The van der Waals surface area contributed by atoms with E-state index in [1.165, 1.54) is 7.11 Å². The highest BCUT2D eigenvalue weighted by molar-refractivity contribution is 5.48. The average molecular weight is 288 g/mol. The lowest BCUT2D eigenvalue weighted by molar-refractivity contribution is 0.383. The molecular weight excluding hydrogens is 267 g/mol. The van der Waals surface area contributed by atoms with Crippen molar-refractivity contribution in [2.75, 3.05) is 26.1 Å². The highest BCUT2D eigenvalue weighted by Crippen LogP contribution is 2.25. The standard InChI is InChI=1S/C17H21FN2O/c1-20(2)14-8-4-6-12(10-14)15(19)11-13-7-5-9-16(21-3)17(13)18/h4-10,15H,11,19H2,1-3H3. The molecule has 2 aromatic carbocycles. The van der Waals surface area contributed by atoms with Crippen LogP contribution in [0.3, 0.4) is 0 Å². The van der Waals surface area contributed by atoms with Crippen molar-refractivity contribution >= 4 is 5.69 Å². The number of hydrogen-bond acceptors (Lipinski definition) is 3. The van der Waals surface area contributed by atoms with Crippen molar-refractivity contribution in [3.63, 3.8) is 0 Å². The van der Waals surface area contributed by atoms with Crippen molar-refractivity contribution in [3.05, 3.63) is 59.4 Å². The Hall–Kier alpha value is -2.07. The summed E-state index contributed by atoms with van der Waals surface area (Å²) in [5.74, 6) is -0.0824. The van der Waals surface area contributed by atoms with E-state index in [4.69, 9.17) is 10.5 Å². The first kappa shape index (κ1) is 15.3. The fourth-order valence-electron chi connectivity index (χ4n) is 2.26. The van der Waals surface area contributed by atoms with Crippen LogP contribution in [0.2, 0.25) is 0 Å². The van der Waals surface area contributed by atoms with Crippen molar-refractivity contribution < 1.29 is 9.13 Å². The van der Waals surface area contributed by atoms with Gasteiger partial charge in [-0.05, 0) is 35.7 Å². The maximum atomic E-state index is 14.2. The zero-order chi connectivity index (χ0) is 15.4. The van der Waals surface area contributed by atoms with Gasteiger partial charge in [-0.25, -0.2) is 4.39 Å². The Labute approximate surface area is 125 Å². The zero-order valence-corrected chi connectivity index (χ0v) is 12.6. The summed E-state index contributed by atoms with van der Waals surface area (Å²) < 4.78 is 19.2. The van der Waals surface area contributed by atoms with E-state index < -0.39 is 0 Å². The third kappa shape index (κ3) is 3.52. The number of halogens is 1. The van der Waals surface area contributed by atoms with Gasteiger partial charge in [0.25, 0.3) is 0 Å². The Balaban J connectivity index is 2.22. The summed E-state index contributed by atoms with van der Waals surface area (Å²) in [4.78, 5) is 2.02. The highest BCUT2D eigenvalue weighted by Gasteiger charge is 2.14. The van der Waals surface area contributed by atoms with Gasteiger partial charge in [-0.2, -0.15) is 0 Å². The lowest BCUT2D eigenvalue weighted by Crippen LogP contribution is -2.16. The van der Waals surface area contributed by atoms with Crippen molar-refractivity contribution in [3.8, 4) is 5.75 Å². The van der Waals surface area contributed by atoms with E-state index in [2.05, 4.69) is 0 Å². The molecule has 0 spiro atoms. The Morgan fingerprint density at radius 2 is 1.90 bits per heavy atom. The molecule has 0 aliphatic rings. The predicted molar refractivity (Wildman–Crippen MR) is 84.4 cm³/mol. The second-order valence-electron chi connectivity index (χ2n) is 5.23. The summed E-state index contributed by atoms with van der Waals surface area (Å²) in [6.07, 6.45) is 0.430. The first-order valence-electron chi connectivity index (χ1n) is 6.87. The lowest BCUT2D eigenvalue weighted by atomic mass is 9.98. The number of methoxy groups -OCH3 is 1. The second-order valence-corrected chi connectivity index (χ2v) is 5.23. The van der Waals surface area contributed by atoms with Gasteiger partial charge in [0.2, 0.25) is 0 Å². The third-order valence-corrected chi connectivity index (χ3v) is 3.52. The number of ether oxygens (including phenoxy) is 1. The molecule has 0 bridgehead atoms. The van der Waals surface area contributed by atoms with Gasteiger partial charge in [0.15, 0.2) is 11.6 Å². The zero-order valence-electron chi connectivity index (χ0n) is 12.6. The number of hydrogen-bond donors (Lipinski definition) is 1. The van der Waals surface area contributed by atoms with Crippen LogP contribution in [0, 0.1) is 5.82 Å². The number of anilines is 1. The number of nitrogens with two attached hydrogens (primary N) is 1. The molecule has 0 aliphatic heterocycles. The molecule has 2 aromatic rings. The first-order valence-corrected chi connectivity index (χ1v) is 6.87. The molecule has 0 aromatic heterocycles. The number of benzene rings is 2. The van der Waals surface area contributed by atoms with E-state index in [0.717, 1.165) is 11.3 Å². The van der Waals surface area contributed by atoms with Crippen LogP contribution >= 0.6 is 0 Å². The highest BCUT2D eigenvalue weighted by atomic mass is 19.1. The summed E-state index contributed by atoms with van der Waals surface area (Å²) in [7, 11) is 5.42. The molecule has 0 heterocycles. The van der Waals surface area contributed by atoms with Crippen LogP contribution in [0.5, 0.6) is 5.75 Å². The third-order valence-electron chi connectivity index (χ3n) is 3.52. The van der Waals surface area contributed by atoms with E-state index in [9.17, 15) is 4.39 Å². The van der Waals surface area contributed by atoms with Crippen LogP contribution in [0.15, 0.2) is 42.5 Å². The molecule has 3 nitrogen and oxygen atoms in total. The van der Waals surface area contributed by atoms with Crippen molar-refractivity contribution in [1.29, 1.82) is 0 Å². The molecule has 4 heteroatoms. The van der Waals surface area contributed by atoms with E-state index in [-0.39, 0.29) is 17.6 Å². The SMILES string of the molecule is COc1cccc(CC(N)c2cccc(N(C)C)c2)c1F. The Bertz CT molecular complexity index is 613. The molecule has 0 amide bonds. The van der Waals surface area contributed by atoms with E-state index in [1.807, 2.05) is 43.3 Å². The van der Waals surface area contributed by atoms with Crippen molar-refractivity contribution in [2.24, 2.45) is 5.73 Å². The van der Waals surface area contributed by atoms with E-state index in [1.54, 1.807) is 18.2 Å². The van der Waals surface area contributed by atoms with Crippen LogP contribution < -0.4 is 15.4 Å². The smallest absolute Gasteiger partial charge is 0.168 e. The minimum absolute atomic E-state index is 0.252. The Kier molecular flexibility index (Phi) is 4.81. The normalized spacial score (nSPS) is 12.0. The van der Waals surface area contributed by atoms with Crippen LogP contribution in [0.25, 0.3) is 0 Å². The van der Waals surface area contributed by atoms with Gasteiger partial charge < -0.3 is 15.4 Å². The maximum Gasteiger partial charge on any atom is 0.168 e. The average Bonchev–Trinajstić information content (AvgIpc) is 2.49. The molecule has 1 unspecified atom stereocenters. The van der Waals surface area contributed by atoms with Gasteiger partial charge >= 0.3 is 0 Å². The number of nitrogens with zero attached hydrogens (tertiary/aromatic N) is 1. The van der Waals surface area contributed by atoms with Crippen molar-refractivity contribution in [1.82, 2.24) is 0 Å². The maximum absolute atomic E-state index is 14.2. The van der Waals surface area contributed by atoms with Gasteiger partial charge in [-0.15, -0.1) is 0 Å². The quantitative estimate of drug-likeness (QED) is 0.918. The molecule has 1 atom stereocenters. The molecule has 0 saturated carbocycles. The molecular formula is C17H21FN2O. The van der Waals surface area contributed by atoms with Crippen LogP contribution in [-0.2, 0) is 6.42 Å². The van der Waals surface area contributed by atoms with Crippen molar-refractivity contribution in [2.45, 2.75) is 12.5 Å². The molecule has 21 heavy (non-hydrogen) atoms. The van der Waals surface area contributed by atoms with Crippen LogP contribution in [-0.4, -0.2) is 21.2 Å². The lowest BCUT2D eigenvalue weighted by Gasteiger charge is -2.17. The second kappa shape index (κ2) is 6.59. The minimum atomic E-state index is -0.334. The van der Waals surface area contributed by atoms with Gasteiger partial charge in [-0.3, -0.25) is 0 Å². The molecule has 2 N–H and O–H groups in total. The summed E-state index contributed by atoms with van der Waals surface area (Å²) in [6, 6.07) is 12.9. The van der Waals surface area contributed by atoms with E-state index >= 15 is 0 Å². The molecule has 0 radical (unpaired) electrons. The first-order chi connectivity index (χ1) is 10.0. The summed E-state index contributed by atoms with van der Waals surface area (Å²) >= 11 is 0. The summed E-state index contributed by atoms with van der Waals surface area (Å²) in [5.41, 5.74) is 8.86. The summed E-state index contributed by atoms with van der Waals surface area (Å²) in [5, 5.41) is 0. The fourth-order valence-corrected chi connectivity index (χ4v) is 2.26. The van der Waals surface area contributed by atoms with Gasteiger partial charge in [0.05, 0.1) is 7.11 Å². The Morgan fingerprint density at radius 1 is 1.19 bits per heavy atom. The predicted octanol–water partition coefficient (Wildman–Crippen LogP) is 3.14. The van der Waals surface area contributed by atoms with Crippen LogP contribution in [0.4, 0.5) is 10.1 Å². The van der Waals surface area contributed by atoms with Gasteiger partial charge in [0.1, 0.15) is 0 Å². The van der Waals surface area contributed by atoms with Gasteiger partial charge in [0, 0.05) is 25.8 Å². The largest absolute Gasteiger partial charge is 0.494 e. The van der Waals surface area contributed by atoms with Crippen LogP contribution in [0.1, 0.15) is 17.2 Å². The topological polar surface area (TPSA) is 38.5 Å². The molecule has 0 saturated heterocycles. The molecule has 0 aliphatic carbocycles. The molecule has 0 fully saturated rings. The minimum Gasteiger partial charge on any atom is -0.494 e. The van der Waals surface area contributed by atoms with Gasteiger partial charge in [-0.1, -0.05) is 24.3 Å². The molecule has 112 valence electrons. The number of rotatable bonds is 5. The fraction of sp³-hybridized carbons (Fsp3) is 0.294. The van der Waals surface area contributed by atoms with E-state index in [0.29, 0.717) is 12.0 Å². The monoisotopic (exact) mass is 288 g/mol.